The summed E-state index contributed by atoms with van der Waals surface area (Å²) in [6, 6.07) is 4.99. The van der Waals surface area contributed by atoms with Crippen LogP contribution in [-0.4, -0.2) is 64.1 Å². The molecule has 0 bridgehead atoms. The van der Waals surface area contributed by atoms with E-state index in [2.05, 4.69) is 10.3 Å². The molecule has 0 atom stereocenters. The molecule has 10 heteroatoms. The number of carbonyl (C=O) groups is 1. The van der Waals surface area contributed by atoms with Gasteiger partial charge in [-0.15, -0.1) is 0 Å². The second-order valence-corrected chi connectivity index (χ2v) is 8.53. The number of hydrogen-bond acceptors (Lipinski definition) is 6. The number of amides is 1. The van der Waals surface area contributed by atoms with Crippen molar-refractivity contribution in [2.45, 2.75) is 18.7 Å². The number of aromatic amines is 1. The summed E-state index contributed by atoms with van der Waals surface area (Å²) in [5, 5.41) is 2.76. The maximum atomic E-state index is 13.1. The maximum Gasteiger partial charge on any atom is 0.272 e. The minimum atomic E-state index is -3.73. The number of nitrogens with one attached hydrogen (secondary N) is 2. The lowest BCUT2D eigenvalue weighted by molar-refractivity contribution is 0.0730. The lowest BCUT2D eigenvalue weighted by Gasteiger charge is -2.26. The molecule has 0 aliphatic carbocycles. The van der Waals surface area contributed by atoms with Crippen molar-refractivity contribution < 1.29 is 27.4 Å². The molecule has 1 fully saturated rings. The van der Waals surface area contributed by atoms with E-state index in [0.717, 1.165) is 0 Å². The smallest absolute Gasteiger partial charge is 0.272 e. The first-order valence-corrected chi connectivity index (χ1v) is 10.5. The summed E-state index contributed by atoms with van der Waals surface area (Å²) in [5.41, 5.74) is 1.45. The predicted molar refractivity (Wildman–Crippen MR) is 107 cm³/mol. The molecule has 0 saturated carbocycles. The Bertz CT molecular complexity index is 987. The van der Waals surface area contributed by atoms with Gasteiger partial charge in [-0.3, -0.25) is 4.79 Å². The number of aryl methyl sites for hydroxylation is 1. The van der Waals surface area contributed by atoms with Crippen LogP contribution in [0.25, 0.3) is 0 Å². The van der Waals surface area contributed by atoms with Crippen molar-refractivity contribution in [3.8, 4) is 11.5 Å². The number of carbonyl (C=O) groups excluding carboxylic acids is 1. The number of methoxy groups -OCH3 is 2. The first kappa shape index (κ1) is 21.2. The van der Waals surface area contributed by atoms with E-state index in [9.17, 15) is 13.2 Å². The van der Waals surface area contributed by atoms with Crippen molar-refractivity contribution in [2.24, 2.45) is 0 Å². The standard InChI is InChI=1S/C19H25N3O6S/c1-12-17(19(23)21-14-9-15(26-3)11-16(10-14)27-4)20-13(2)18(12)29(24,25)22-5-7-28-8-6-22/h9-11,20H,5-8H2,1-4H3,(H,21,23). The quantitative estimate of drug-likeness (QED) is 0.735. The summed E-state index contributed by atoms with van der Waals surface area (Å²) in [6.45, 7) is 4.55. The van der Waals surface area contributed by atoms with Crippen LogP contribution in [0.1, 0.15) is 21.7 Å². The normalized spacial score (nSPS) is 15.2. The van der Waals surface area contributed by atoms with Gasteiger partial charge in [-0.05, 0) is 19.4 Å². The molecule has 1 aliphatic rings. The topological polar surface area (TPSA) is 110 Å². The Labute approximate surface area is 170 Å². The largest absolute Gasteiger partial charge is 0.497 e. The van der Waals surface area contributed by atoms with E-state index in [-0.39, 0.29) is 23.7 Å². The van der Waals surface area contributed by atoms with Crippen LogP contribution < -0.4 is 14.8 Å². The fourth-order valence-electron chi connectivity index (χ4n) is 3.34. The van der Waals surface area contributed by atoms with Crippen molar-refractivity contribution in [3.63, 3.8) is 0 Å². The number of morpholine rings is 1. The fourth-order valence-corrected chi connectivity index (χ4v) is 5.15. The van der Waals surface area contributed by atoms with Crippen LogP contribution in [0.2, 0.25) is 0 Å². The Morgan fingerprint density at radius 3 is 2.24 bits per heavy atom. The first-order chi connectivity index (χ1) is 13.8. The highest BCUT2D eigenvalue weighted by Gasteiger charge is 2.32. The lowest BCUT2D eigenvalue weighted by Crippen LogP contribution is -2.40. The van der Waals surface area contributed by atoms with E-state index < -0.39 is 15.9 Å². The molecule has 1 saturated heterocycles. The lowest BCUT2D eigenvalue weighted by atomic mass is 10.2. The molecule has 3 rings (SSSR count). The van der Waals surface area contributed by atoms with Gasteiger partial charge in [0.25, 0.3) is 5.91 Å². The van der Waals surface area contributed by atoms with E-state index in [1.54, 1.807) is 32.0 Å². The number of rotatable bonds is 6. The molecular weight excluding hydrogens is 398 g/mol. The van der Waals surface area contributed by atoms with Gasteiger partial charge in [0.1, 0.15) is 22.1 Å². The second kappa shape index (κ2) is 8.44. The van der Waals surface area contributed by atoms with Gasteiger partial charge in [0.15, 0.2) is 0 Å². The van der Waals surface area contributed by atoms with Gasteiger partial charge in [0.2, 0.25) is 10.0 Å². The number of anilines is 1. The minimum Gasteiger partial charge on any atom is -0.497 e. The van der Waals surface area contributed by atoms with Crippen molar-refractivity contribution in [2.75, 3.05) is 45.8 Å². The highest BCUT2D eigenvalue weighted by molar-refractivity contribution is 7.89. The average Bonchev–Trinajstić information content (AvgIpc) is 3.03. The van der Waals surface area contributed by atoms with E-state index >= 15 is 0 Å². The third kappa shape index (κ3) is 4.24. The van der Waals surface area contributed by atoms with Crippen LogP contribution in [0.4, 0.5) is 5.69 Å². The van der Waals surface area contributed by atoms with Crippen LogP contribution in [0.15, 0.2) is 23.1 Å². The van der Waals surface area contributed by atoms with Gasteiger partial charge in [0.05, 0.1) is 27.4 Å². The van der Waals surface area contributed by atoms with Crippen LogP contribution >= 0.6 is 0 Å². The molecule has 158 valence electrons. The summed E-state index contributed by atoms with van der Waals surface area (Å²) in [5.74, 6) is 0.591. The average molecular weight is 423 g/mol. The molecule has 9 nitrogen and oxygen atoms in total. The summed E-state index contributed by atoms with van der Waals surface area (Å²) in [7, 11) is -0.697. The summed E-state index contributed by atoms with van der Waals surface area (Å²) >= 11 is 0. The summed E-state index contributed by atoms with van der Waals surface area (Å²) in [4.78, 5) is 15.9. The Morgan fingerprint density at radius 1 is 1.10 bits per heavy atom. The molecule has 0 spiro atoms. The molecule has 1 aromatic heterocycles. The molecule has 2 aromatic rings. The van der Waals surface area contributed by atoms with E-state index in [1.165, 1.54) is 18.5 Å². The van der Waals surface area contributed by atoms with Crippen molar-refractivity contribution in [1.29, 1.82) is 0 Å². The number of aromatic nitrogens is 1. The highest BCUT2D eigenvalue weighted by atomic mass is 32.2. The van der Waals surface area contributed by atoms with Crippen molar-refractivity contribution >= 4 is 21.6 Å². The summed E-state index contributed by atoms with van der Waals surface area (Å²) in [6.07, 6.45) is 0. The SMILES string of the molecule is COc1cc(NC(=O)c2[nH]c(C)c(S(=O)(=O)N3CCOCC3)c2C)cc(OC)c1. The molecule has 1 aromatic carbocycles. The number of sulfonamides is 1. The Balaban J connectivity index is 1.91. The van der Waals surface area contributed by atoms with Gasteiger partial charge in [-0.1, -0.05) is 0 Å². The molecule has 29 heavy (non-hydrogen) atoms. The van der Waals surface area contributed by atoms with E-state index in [0.29, 0.717) is 41.7 Å². The van der Waals surface area contributed by atoms with E-state index in [1.807, 2.05) is 0 Å². The third-order valence-electron chi connectivity index (χ3n) is 4.77. The zero-order chi connectivity index (χ0) is 21.2. The number of ether oxygens (including phenoxy) is 3. The zero-order valence-electron chi connectivity index (χ0n) is 16.9. The number of hydrogen-bond donors (Lipinski definition) is 2. The molecule has 2 N–H and O–H groups in total. The summed E-state index contributed by atoms with van der Waals surface area (Å²) < 4.78 is 43.2. The monoisotopic (exact) mass is 423 g/mol. The molecule has 0 radical (unpaired) electrons. The fraction of sp³-hybridized carbons (Fsp3) is 0.421. The third-order valence-corrected chi connectivity index (χ3v) is 6.95. The van der Waals surface area contributed by atoms with Crippen LogP contribution in [-0.2, 0) is 14.8 Å². The molecule has 1 aliphatic heterocycles. The molecule has 0 unspecified atom stereocenters. The Kier molecular flexibility index (Phi) is 6.15. The molecule has 1 amide bonds. The predicted octanol–water partition coefficient (Wildman–Crippen LogP) is 1.92. The van der Waals surface area contributed by atoms with Crippen molar-refractivity contribution in [1.82, 2.24) is 9.29 Å². The molecule has 2 heterocycles. The van der Waals surface area contributed by atoms with Gasteiger partial charge in [-0.2, -0.15) is 4.31 Å². The van der Waals surface area contributed by atoms with Crippen molar-refractivity contribution in [3.05, 3.63) is 35.2 Å². The maximum absolute atomic E-state index is 13.1. The zero-order valence-corrected chi connectivity index (χ0v) is 17.7. The molecular formula is C19H25N3O6S. The van der Waals surface area contributed by atoms with Crippen LogP contribution in [0.3, 0.4) is 0 Å². The van der Waals surface area contributed by atoms with Gasteiger partial charge >= 0.3 is 0 Å². The van der Waals surface area contributed by atoms with Gasteiger partial charge in [-0.25, -0.2) is 8.42 Å². The van der Waals surface area contributed by atoms with Gasteiger partial charge in [0, 0.05) is 42.7 Å². The Hall–Kier alpha value is -2.56. The number of H-pyrrole nitrogens is 1. The Morgan fingerprint density at radius 2 is 1.69 bits per heavy atom. The van der Waals surface area contributed by atoms with E-state index in [4.69, 9.17) is 14.2 Å². The van der Waals surface area contributed by atoms with Crippen LogP contribution in [0.5, 0.6) is 11.5 Å². The highest BCUT2D eigenvalue weighted by Crippen LogP contribution is 2.29. The van der Waals surface area contributed by atoms with Gasteiger partial charge < -0.3 is 24.5 Å². The second-order valence-electron chi connectivity index (χ2n) is 6.65. The first-order valence-electron chi connectivity index (χ1n) is 9.09. The number of nitrogens with zero attached hydrogens (tertiary/aromatic N) is 1. The minimum absolute atomic E-state index is 0.132. The number of benzene rings is 1. The van der Waals surface area contributed by atoms with Crippen LogP contribution in [0, 0.1) is 13.8 Å².